The normalized spacial score (nSPS) is 11.7. The van der Waals surface area contributed by atoms with Crippen LogP contribution >= 0.6 is 0 Å². The van der Waals surface area contributed by atoms with Crippen molar-refractivity contribution in [3.63, 3.8) is 0 Å². The van der Waals surface area contributed by atoms with Crippen LogP contribution in [-0.4, -0.2) is 5.71 Å². The molecule has 0 spiro atoms. The number of hydrazone groups is 1. The lowest BCUT2D eigenvalue weighted by molar-refractivity contribution is 1.23. The molecule has 0 heterocycles. The molecule has 0 amide bonds. The number of hydrogen-bond acceptors (Lipinski definition) is 3. The highest BCUT2D eigenvalue weighted by atomic mass is 15.1. The summed E-state index contributed by atoms with van der Waals surface area (Å²) in [5.74, 6) is 5.17. The van der Waals surface area contributed by atoms with E-state index < -0.39 is 0 Å². The molecule has 0 bridgehead atoms. The van der Waals surface area contributed by atoms with E-state index in [1.165, 1.54) is 0 Å². The van der Waals surface area contributed by atoms with Gasteiger partial charge in [0, 0.05) is 11.3 Å². The van der Waals surface area contributed by atoms with E-state index in [1.54, 1.807) is 0 Å². The quantitative estimate of drug-likeness (QED) is 0.283. The second kappa shape index (κ2) is 3.26. The van der Waals surface area contributed by atoms with E-state index in [2.05, 4.69) is 5.10 Å². The number of hydrogen-bond donors (Lipinski definition) is 2. The maximum atomic E-state index is 5.60. The molecule has 0 saturated heterocycles. The lowest BCUT2D eigenvalue weighted by Gasteiger charge is -2.04. The van der Waals surface area contributed by atoms with Crippen molar-refractivity contribution >= 4 is 11.4 Å². The topological polar surface area (TPSA) is 64.4 Å². The maximum Gasteiger partial charge on any atom is 0.0644 e. The Kier molecular flexibility index (Phi) is 2.33. The van der Waals surface area contributed by atoms with Gasteiger partial charge < -0.3 is 11.6 Å². The van der Waals surface area contributed by atoms with Gasteiger partial charge >= 0.3 is 0 Å². The van der Waals surface area contributed by atoms with Crippen molar-refractivity contribution in [3.8, 4) is 0 Å². The Hall–Kier alpha value is -1.51. The zero-order valence-corrected chi connectivity index (χ0v) is 7.33. The van der Waals surface area contributed by atoms with Crippen molar-refractivity contribution in [1.82, 2.24) is 0 Å². The average Bonchev–Trinajstić information content (AvgIpc) is 2.03. The highest BCUT2D eigenvalue weighted by Gasteiger charge is 2.00. The van der Waals surface area contributed by atoms with E-state index in [1.807, 2.05) is 32.0 Å². The summed E-state index contributed by atoms with van der Waals surface area (Å²) in [6.45, 7) is 3.86. The first-order valence-corrected chi connectivity index (χ1v) is 3.76. The van der Waals surface area contributed by atoms with Crippen LogP contribution in [0.5, 0.6) is 0 Å². The number of nitrogens with two attached hydrogens (primary N) is 2. The van der Waals surface area contributed by atoms with Crippen LogP contribution in [0.4, 0.5) is 5.69 Å². The van der Waals surface area contributed by atoms with Crippen LogP contribution < -0.4 is 11.6 Å². The van der Waals surface area contributed by atoms with Crippen molar-refractivity contribution in [1.29, 1.82) is 0 Å². The second-order valence-electron chi connectivity index (χ2n) is 2.79. The van der Waals surface area contributed by atoms with Crippen molar-refractivity contribution < 1.29 is 0 Å². The zero-order chi connectivity index (χ0) is 9.14. The van der Waals surface area contributed by atoms with Gasteiger partial charge in [0.1, 0.15) is 0 Å². The van der Waals surface area contributed by atoms with Crippen LogP contribution in [0.15, 0.2) is 23.3 Å². The number of anilines is 1. The van der Waals surface area contributed by atoms with E-state index >= 15 is 0 Å². The van der Waals surface area contributed by atoms with Gasteiger partial charge in [-0.1, -0.05) is 6.07 Å². The molecule has 1 rings (SSSR count). The molecule has 1 aromatic rings. The van der Waals surface area contributed by atoms with Gasteiger partial charge in [-0.05, 0) is 31.5 Å². The van der Waals surface area contributed by atoms with E-state index in [-0.39, 0.29) is 0 Å². The van der Waals surface area contributed by atoms with Gasteiger partial charge in [-0.15, -0.1) is 0 Å². The SMILES string of the molecule is C/C(=N/N)c1ccc(N)cc1C. The number of rotatable bonds is 1. The first-order chi connectivity index (χ1) is 5.65. The van der Waals surface area contributed by atoms with E-state index in [0.29, 0.717) is 0 Å². The minimum absolute atomic E-state index is 0.765. The maximum absolute atomic E-state index is 5.60. The molecule has 0 atom stereocenters. The highest BCUT2D eigenvalue weighted by Crippen LogP contribution is 2.12. The van der Waals surface area contributed by atoms with Crippen LogP contribution in [0.3, 0.4) is 0 Å². The third kappa shape index (κ3) is 1.56. The predicted molar refractivity (Wildman–Crippen MR) is 52.0 cm³/mol. The zero-order valence-electron chi connectivity index (χ0n) is 7.33. The third-order valence-corrected chi connectivity index (χ3v) is 1.83. The van der Waals surface area contributed by atoms with Gasteiger partial charge in [-0.2, -0.15) is 5.10 Å². The summed E-state index contributed by atoms with van der Waals surface area (Å²) < 4.78 is 0. The van der Waals surface area contributed by atoms with E-state index in [9.17, 15) is 0 Å². The fourth-order valence-corrected chi connectivity index (χ4v) is 1.16. The smallest absolute Gasteiger partial charge is 0.0644 e. The predicted octanol–water partition coefficient (Wildman–Crippen LogP) is 1.26. The fraction of sp³-hybridized carbons (Fsp3) is 0.222. The van der Waals surface area contributed by atoms with Gasteiger partial charge in [0.25, 0.3) is 0 Å². The summed E-state index contributed by atoms with van der Waals surface area (Å²) >= 11 is 0. The van der Waals surface area contributed by atoms with Crippen molar-refractivity contribution in [2.45, 2.75) is 13.8 Å². The highest BCUT2D eigenvalue weighted by molar-refractivity contribution is 6.00. The molecular formula is C9H13N3. The van der Waals surface area contributed by atoms with Gasteiger partial charge in [-0.25, -0.2) is 0 Å². The largest absolute Gasteiger partial charge is 0.399 e. The molecule has 0 fully saturated rings. The Morgan fingerprint density at radius 2 is 2.08 bits per heavy atom. The molecule has 0 aromatic heterocycles. The van der Waals surface area contributed by atoms with Gasteiger partial charge in [0.15, 0.2) is 0 Å². The number of nitrogens with zero attached hydrogens (tertiary/aromatic N) is 1. The number of aryl methyl sites for hydroxylation is 1. The molecule has 4 N–H and O–H groups in total. The molecule has 3 nitrogen and oxygen atoms in total. The molecule has 0 aliphatic heterocycles. The van der Waals surface area contributed by atoms with E-state index in [0.717, 1.165) is 22.5 Å². The summed E-state index contributed by atoms with van der Waals surface area (Å²) in [5, 5.41) is 3.63. The minimum atomic E-state index is 0.765. The Balaban J connectivity index is 3.18. The lowest BCUT2D eigenvalue weighted by Crippen LogP contribution is -2.01. The molecule has 1 aromatic carbocycles. The van der Waals surface area contributed by atoms with Crippen molar-refractivity contribution in [2.75, 3.05) is 5.73 Å². The fourth-order valence-electron chi connectivity index (χ4n) is 1.16. The summed E-state index contributed by atoms with van der Waals surface area (Å²) in [5.41, 5.74) is 9.34. The summed E-state index contributed by atoms with van der Waals surface area (Å²) in [7, 11) is 0. The molecule has 0 saturated carbocycles. The van der Waals surface area contributed by atoms with Crippen LogP contribution in [0.1, 0.15) is 18.1 Å². The third-order valence-electron chi connectivity index (χ3n) is 1.83. The Labute approximate surface area is 72.1 Å². The first-order valence-electron chi connectivity index (χ1n) is 3.76. The number of nitrogen functional groups attached to an aromatic ring is 1. The molecule has 0 aliphatic carbocycles. The molecular weight excluding hydrogens is 150 g/mol. The van der Waals surface area contributed by atoms with Crippen molar-refractivity contribution in [3.05, 3.63) is 29.3 Å². The molecule has 0 unspecified atom stereocenters. The Morgan fingerprint density at radius 1 is 1.42 bits per heavy atom. The molecule has 3 heteroatoms. The Morgan fingerprint density at radius 3 is 2.58 bits per heavy atom. The number of benzene rings is 1. The molecule has 0 radical (unpaired) electrons. The average molecular weight is 163 g/mol. The lowest BCUT2D eigenvalue weighted by atomic mass is 10.0. The standard InChI is InChI=1S/C9H13N3/c1-6-5-8(10)3-4-9(6)7(2)12-11/h3-5H,10-11H2,1-2H3/b12-7-. The van der Waals surface area contributed by atoms with Crippen LogP contribution in [-0.2, 0) is 0 Å². The van der Waals surface area contributed by atoms with Crippen LogP contribution in [0.2, 0.25) is 0 Å². The van der Waals surface area contributed by atoms with Crippen molar-refractivity contribution in [2.24, 2.45) is 10.9 Å². The second-order valence-corrected chi connectivity index (χ2v) is 2.79. The van der Waals surface area contributed by atoms with E-state index in [4.69, 9.17) is 11.6 Å². The summed E-state index contributed by atoms with van der Waals surface area (Å²) in [4.78, 5) is 0. The Bertz CT molecular complexity index is 316. The molecule has 12 heavy (non-hydrogen) atoms. The summed E-state index contributed by atoms with van der Waals surface area (Å²) in [6.07, 6.45) is 0. The molecule has 0 aliphatic rings. The van der Waals surface area contributed by atoms with Crippen LogP contribution in [0.25, 0.3) is 0 Å². The first kappa shape index (κ1) is 8.59. The van der Waals surface area contributed by atoms with Gasteiger partial charge in [0.05, 0.1) is 5.71 Å². The summed E-state index contributed by atoms with van der Waals surface area (Å²) in [6, 6.07) is 5.68. The van der Waals surface area contributed by atoms with Crippen LogP contribution in [0, 0.1) is 6.92 Å². The minimum Gasteiger partial charge on any atom is -0.399 e. The molecule has 64 valence electrons. The van der Waals surface area contributed by atoms with Gasteiger partial charge in [0.2, 0.25) is 0 Å². The monoisotopic (exact) mass is 163 g/mol. The van der Waals surface area contributed by atoms with Gasteiger partial charge in [-0.3, -0.25) is 0 Å².